The molecule has 0 aliphatic carbocycles. The van der Waals surface area contributed by atoms with Gasteiger partial charge in [0.05, 0.1) is 15.9 Å². The number of rotatable bonds is 4. The maximum absolute atomic E-state index is 9.76. The zero-order valence-electron chi connectivity index (χ0n) is 12.0. The van der Waals surface area contributed by atoms with Crippen LogP contribution in [0.2, 0.25) is 5.15 Å². The summed E-state index contributed by atoms with van der Waals surface area (Å²) >= 11 is 8.37. The summed E-state index contributed by atoms with van der Waals surface area (Å²) in [5, 5.41) is 10.2. The minimum absolute atomic E-state index is 0.0984. The maximum Gasteiger partial charge on any atom is 0.161 e. The van der Waals surface area contributed by atoms with Gasteiger partial charge in [0.2, 0.25) is 0 Å². The van der Waals surface area contributed by atoms with Crippen LogP contribution in [-0.2, 0) is 0 Å². The lowest BCUT2D eigenvalue weighted by Crippen LogP contribution is -2.02. The Hall–Kier alpha value is -1.08. The van der Waals surface area contributed by atoms with Crippen molar-refractivity contribution in [3.8, 4) is 22.9 Å². The Bertz CT molecular complexity index is 662. The van der Waals surface area contributed by atoms with Gasteiger partial charge in [0, 0.05) is 5.56 Å². The van der Waals surface area contributed by atoms with Gasteiger partial charge < -0.3 is 9.84 Å². The third kappa shape index (κ3) is 3.58. The number of nitrogens with zero attached hydrogens (tertiary/aromatic N) is 2. The Morgan fingerprint density at radius 1 is 1.33 bits per heavy atom. The van der Waals surface area contributed by atoms with Crippen molar-refractivity contribution in [2.45, 2.75) is 26.7 Å². The van der Waals surface area contributed by atoms with Gasteiger partial charge in [-0.3, -0.25) is 0 Å². The first kappa shape index (κ1) is 16.3. The standard InChI is InChI=1S/C15H16ClIN2O2/c1-4-21-11-7-9(5-6-10(11)20)15-18-13(8(2)3)12(17)14(16)19-15/h5-8,20H,4H2,1-3H3. The first-order chi connectivity index (χ1) is 9.93. The van der Waals surface area contributed by atoms with E-state index in [-0.39, 0.29) is 11.7 Å². The predicted octanol–water partition coefficient (Wildman–Crippen LogP) is 4.63. The molecule has 2 aromatic rings. The first-order valence-corrected chi connectivity index (χ1v) is 8.08. The van der Waals surface area contributed by atoms with Crippen LogP contribution in [0.25, 0.3) is 11.4 Å². The highest BCUT2D eigenvalue weighted by molar-refractivity contribution is 14.1. The van der Waals surface area contributed by atoms with Crippen molar-refractivity contribution in [3.63, 3.8) is 0 Å². The molecule has 1 heterocycles. The van der Waals surface area contributed by atoms with Crippen molar-refractivity contribution >= 4 is 34.2 Å². The monoisotopic (exact) mass is 418 g/mol. The van der Waals surface area contributed by atoms with Crippen LogP contribution >= 0.6 is 34.2 Å². The van der Waals surface area contributed by atoms with Crippen molar-refractivity contribution in [2.75, 3.05) is 6.61 Å². The lowest BCUT2D eigenvalue weighted by molar-refractivity contribution is 0.318. The molecule has 0 spiro atoms. The summed E-state index contributed by atoms with van der Waals surface area (Å²) in [7, 11) is 0. The van der Waals surface area contributed by atoms with E-state index >= 15 is 0 Å². The van der Waals surface area contributed by atoms with Crippen molar-refractivity contribution in [1.29, 1.82) is 0 Å². The average molecular weight is 419 g/mol. The van der Waals surface area contributed by atoms with E-state index in [2.05, 4.69) is 46.4 Å². The van der Waals surface area contributed by atoms with Gasteiger partial charge in [-0.05, 0) is 53.6 Å². The van der Waals surface area contributed by atoms with Crippen molar-refractivity contribution in [3.05, 3.63) is 32.6 Å². The first-order valence-electron chi connectivity index (χ1n) is 6.63. The molecule has 4 nitrogen and oxygen atoms in total. The summed E-state index contributed by atoms with van der Waals surface area (Å²) in [4.78, 5) is 8.92. The van der Waals surface area contributed by atoms with Gasteiger partial charge in [-0.15, -0.1) is 0 Å². The number of hydrogen-bond donors (Lipinski definition) is 1. The van der Waals surface area contributed by atoms with E-state index in [4.69, 9.17) is 16.3 Å². The molecule has 0 amide bonds. The van der Waals surface area contributed by atoms with Crippen LogP contribution in [0, 0.1) is 3.57 Å². The van der Waals surface area contributed by atoms with Gasteiger partial charge in [0.1, 0.15) is 5.15 Å². The smallest absolute Gasteiger partial charge is 0.161 e. The molecule has 0 saturated heterocycles. The van der Waals surface area contributed by atoms with E-state index in [1.807, 2.05) is 6.92 Å². The number of hydrogen-bond acceptors (Lipinski definition) is 4. The number of aromatic hydroxyl groups is 1. The molecule has 1 N–H and O–H groups in total. The molecule has 2 rings (SSSR count). The molecular weight excluding hydrogens is 403 g/mol. The summed E-state index contributed by atoms with van der Waals surface area (Å²) < 4.78 is 6.26. The summed E-state index contributed by atoms with van der Waals surface area (Å²) in [6.45, 7) is 6.46. The molecule has 0 aliphatic rings. The molecule has 0 fully saturated rings. The molecule has 6 heteroatoms. The molecule has 112 valence electrons. The number of ether oxygens (including phenoxy) is 1. The summed E-state index contributed by atoms with van der Waals surface area (Å²) in [5.41, 5.74) is 1.67. The van der Waals surface area contributed by atoms with E-state index in [1.54, 1.807) is 18.2 Å². The van der Waals surface area contributed by atoms with Crippen molar-refractivity contribution in [1.82, 2.24) is 9.97 Å². The van der Waals surface area contributed by atoms with Crippen LogP contribution in [0.4, 0.5) is 0 Å². The second kappa shape index (κ2) is 6.79. The van der Waals surface area contributed by atoms with Gasteiger partial charge in [0.15, 0.2) is 17.3 Å². The minimum atomic E-state index is 0.0984. The van der Waals surface area contributed by atoms with Gasteiger partial charge in [-0.25, -0.2) is 9.97 Å². The fraction of sp³-hybridized carbons (Fsp3) is 0.333. The van der Waals surface area contributed by atoms with Crippen LogP contribution < -0.4 is 4.74 Å². The molecular formula is C15H16ClIN2O2. The molecule has 0 radical (unpaired) electrons. The average Bonchev–Trinajstić information content (AvgIpc) is 2.44. The molecule has 0 unspecified atom stereocenters. The summed E-state index contributed by atoms with van der Waals surface area (Å²) in [6.07, 6.45) is 0. The van der Waals surface area contributed by atoms with E-state index in [0.29, 0.717) is 23.3 Å². The number of phenols is 1. The number of aromatic nitrogens is 2. The second-order valence-electron chi connectivity index (χ2n) is 4.81. The molecule has 1 aromatic heterocycles. The third-order valence-electron chi connectivity index (χ3n) is 2.90. The Morgan fingerprint density at radius 3 is 2.67 bits per heavy atom. The highest BCUT2D eigenvalue weighted by atomic mass is 127. The fourth-order valence-corrected chi connectivity index (χ4v) is 2.91. The van der Waals surface area contributed by atoms with E-state index < -0.39 is 0 Å². The van der Waals surface area contributed by atoms with Crippen molar-refractivity contribution in [2.24, 2.45) is 0 Å². The largest absolute Gasteiger partial charge is 0.504 e. The number of benzene rings is 1. The number of phenolic OH excluding ortho intramolecular Hbond substituents is 1. The Labute approximate surface area is 142 Å². The fourth-order valence-electron chi connectivity index (χ4n) is 1.87. The third-order valence-corrected chi connectivity index (χ3v) is 4.56. The van der Waals surface area contributed by atoms with E-state index in [9.17, 15) is 5.11 Å². The number of halogens is 2. The second-order valence-corrected chi connectivity index (χ2v) is 6.24. The van der Waals surface area contributed by atoms with Crippen LogP contribution in [0.1, 0.15) is 32.4 Å². The molecule has 0 atom stereocenters. The normalized spacial score (nSPS) is 11.0. The zero-order chi connectivity index (χ0) is 15.6. The Kier molecular flexibility index (Phi) is 5.27. The van der Waals surface area contributed by atoms with Gasteiger partial charge in [-0.1, -0.05) is 25.4 Å². The Balaban J connectivity index is 2.54. The van der Waals surface area contributed by atoms with Gasteiger partial charge in [0.25, 0.3) is 0 Å². The van der Waals surface area contributed by atoms with Crippen LogP contribution in [0.15, 0.2) is 18.2 Å². The SMILES string of the molecule is CCOc1cc(-c2nc(Cl)c(I)c(C(C)C)n2)ccc1O. The highest BCUT2D eigenvalue weighted by Gasteiger charge is 2.15. The highest BCUT2D eigenvalue weighted by Crippen LogP contribution is 2.33. The van der Waals surface area contributed by atoms with Gasteiger partial charge in [-0.2, -0.15) is 0 Å². The van der Waals surface area contributed by atoms with E-state index in [0.717, 1.165) is 14.8 Å². The van der Waals surface area contributed by atoms with Crippen LogP contribution in [0.3, 0.4) is 0 Å². The summed E-state index contributed by atoms with van der Waals surface area (Å²) in [6, 6.07) is 5.05. The van der Waals surface area contributed by atoms with E-state index in [1.165, 1.54) is 0 Å². The zero-order valence-corrected chi connectivity index (χ0v) is 14.9. The molecule has 1 aromatic carbocycles. The minimum Gasteiger partial charge on any atom is -0.504 e. The van der Waals surface area contributed by atoms with Crippen LogP contribution in [-0.4, -0.2) is 21.7 Å². The predicted molar refractivity (Wildman–Crippen MR) is 92.1 cm³/mol. The maximum atomic E-state index is 9.76. The lowest BCUT2D eigenvalue weighted by atomic mass is 10.1. The molecule has 0 bridgehead atoms. The van der Waals surface area contributed by atoms with Crippen LogP contribution in [0.5, 0.6) is 11.5 Å². The molecule has 0 aliphatic heterocycles. The quantitative estimate of drug-likeness (QED) is 0.581. The topological polar surface area (TPSA) is 55.2 Å². The lowest BCUT2D eigenvalue weighted by Gasteiger charge is -2.12. The Morgan fingerprint density at radius 2 is 2.05 bits per heavy atom. The van der Waals surface area contributed by atoms with Gasteiger partial charge >= 0.3 is 0 Å². The molecule has 21 heavy (non-hydrogen) atoms. The summed E-state index contributed by atoms with van der Waals surface area (Å²) in [5.74, 6) is 1.30. The van der Waals surface area contributed by atoms with Crippen molar-refractivity contribution < 1.29 is 9.84 Å². The molecule has 0 saturated carbocycles.